The van der Waals surface area contributed by atoms with Crippen molar-refractivity contribution in [2.75, 3.05) is 26.8 Å². The fraction of sp³-hybridized carbons (Fsp3) is 0.867. The van der Waals surface area contributed by atoms with E-state index in [2.05, 4.69) is 33.8 Å². The Kier molecular flexibility index (Phi) is 8.42. The fourth-order valence-electron chi connectivity index (χ4n) is 2.29. The second-order valence-corrected chi connectivity index (χ2v) is 6.36. The summed E-state index contributed by atoms with van der Waals surface area (Å²) in [6, 6.07) is 2.09. The summed E-state index contributed by atoms with van der Waals surface area (Å²) in [6.45, 7) is 10.3. The van der Waals surface area contributed by atoms with E-state index in [4.69, 9.17) is 10.00 Å². The molecule has 0 aromatic heterocycles. The van der Waals surface area contributed by atoms with Crippen LogP contribution in [0.1, 0.15) is 47.0 Å². The van der Waals surface area contributed by atoms with Crippen molar-refractivity contribution in [3.8, 4) is 6.07 Å². The predicted molar refractivity (Wildman–Crippen MR) is 76.5 cm³/mol. The molecule has 1 amide bonds. The summed E-state index contributed by atoms with van der Waals surface area (Å²) >= 11 is 0. The molecular formula is C15H28N2O2. The molecule has 0 spiro atoms. The molecular weight excluding hydrogens is 240 g/mol. The Balaban J connectivity index is 4.33. The van der Waals surface area contributed by atoms with E-state index < -0.39 is 0 Å². The lowest BCUT2D eigenvalue weighted by atomic mass is 9.84. The zero-order chi connectivity index (χ0) is 14.9. The maximum absolute atomic E-state index is 12.2. The first kappa shape index (κ1) is 17.9. The van der Waals surface area contributed by atoms with Crippen LogP contribution in [-0.2, 0) is 9.53 Å². The molecule has 110 valence electrons. The predicted octanol–water partition coefficient (Wildman–Crippen LogP) is 2.84. The first-order valence-corrected chi connectivity index (χ1v) is 6.94. The van der Waals surface area contributed by atoms with Gasteiger partial charge in [0.2, 0.25) is 5.91 Å². The van der Waals surface area contributed by atoms with E-state index in [9.17, 15) is 4.79 Å². The SMILES string of the molecule is COCCN(CCC#N)C(=O)CC(C)CC(C)(C)C. The molecule has 0 aliphatic carbocycles. The zero-order valence-corrected chi connectivity index (χ0v) is 13.0. The van der Waals surface area contributed by atoms with Crippen LogP contribution >= 0.6 is 0 Å². The molecule has 0 saturated heterocycles. The van der Waals surface area contributed by atoms with E-state index in [1.807, 2.05) is 0 Å². The van der Waals surface area contributed by atoms with Gasteiger partial charge in [0.25, 0.3) is 0 Å². The number of hydrogen-bond donors (Lipinski definition) is 0. The number of rotatable bonds is 8. The van der Waals surface area contributed by atoms with Crippen LogP contribution in [0.4, 0.5) is 0 Å². The second-order valence-electron chi connectivity index (χ2n) is 6.36. The number of amides is 1. The summed E-state index contributed by atoms with van der Waals surface area (Å²) in [5, 5.41) is 8.64. The van der Waals surface area contributed by atoms with E-state index in [0.29, 0.717) is 38.5 Å². The Morgan fingerprint density at radius 3 is 2.47 bits per heavy atom. The van der Waals surface area contributed by atoms with Gasteiger partial charge in [0.15, 0.2) is 0 Å². The van der Waals surface area contributed by atoms with Gasteiger partial charge in [-0.1, -0.05) is 27.7 Å². The first-order valence-electron chi connectivity index (χ1n) is 6.94. The summed E-state index contributed by atoms with van der Waals surface area (Å²) in [5.41, 5.74) is 0.240. The number of ether oxygens (including phenoxy) is 1. The highest BCUT2D eigenvalue weighted by atomic mass is 16.5. The van der Waals surface area contributed by atoms with Crippen LogP contribution in [0.2, 0.25) is 0 Å². The number of carbonyl (C=O) groups excluding carboxylic acids is 1. The molecule has 0 N–H and O–H groups in total. The molecule has 0 fully saturated rings. The smallest absolute Gasteiger partial charge is 0.222 e. The number of methoxy groups -OCH3 is 1. The molecule has 0 saturated carbocycles. The molecule has 0 rings (SSSR count). The Labute approximate surface area is 117 Å². The third-order valence-electron chi connectivity index (χ3n) is 2.90. The van der Waals surface area contributed by atoms with E-state index >= 15 is 0 Å². The van der Waals surface area contributed by atoms with Crippen LogP contribution in [-0.4, -0.2) is 37.6 Å². The monoisotopic (exact) mass is 268 g/mol. The van der Waals surface area contributed by atoms with Crippen molar-refractivity contribution in [3.63, 3.8) is 0 Å². The number of nitrogens with zero attached hydrogens (tertiary/aromatic N) is 2. The minimum absolute atomic E-state index is 0.129. The Bertz CT molecular complexity index is 302. The molecule has 19 heavy (non-hydrogen) atoms. The maximum Gasteiger partial charge on any atom is 0.222 e. The summed E-state index contributed by atoms with van der Waals surface area (Å²) in [4.78, 5) is 14.0. The molecule has 0 aliphatic rings. The van der Waals surface area contributed by atoms with Crippen LogP contribution in [0, 0.1) is 22.7 Å². The molecule has 0 aromatic carbocycles. The van der Waals surface area contributed by atoms with E-state index in [1.165, 1.54) is 0 Å². The largest absolute Gasteiger partial charge is 0.383 e. The average Bonchev–Trinajstić information content (AvgIpc) is 2.26. The normalized spacial score (nSPS) is 12.8. The van der Waals surface area contributed by atoms with E-state index in [0.717, 1.165) is 6.42 Å². The van der Waals surface area contributed by atoms with Crippen molar-refractivity contribution in [2.24, 2.45) is 11.3 Å². The molecule has 0 bridgehead atoms. The van der Waals surface area contributed by atoms with Crippen LogP contribution in [0.25, 0.3) is 0 Å². The molecule has 0 aromatic rings. The highest BCUT2D eigenvalue weighted by Gasteiger charge is 2.20. The van der Waals surface area contributed by atoms with Gasteiger partial charge in [0.05, 0.1) is 19.1 Å². The summed E-state index contributed by atoms with van der Waals surface area (Å²) in [7, 11) is 1.62. The topological polar surface area (TPSA) is 53.3 Å². The summed E-state index contributed by atoms with van der Waals surface area (Å²) in [5.74, 6) is 0.490. The van der Waals surface area contributed by atoms with Gasteiger partial charge >= 0.3 is 0 Å². The molecule has 4 nitrogen and oxygen atoms in total. The van der Waals surface area contributed by atoms with Gasteiger partial charge in [-0.2, -0.15) is 5.26 Å². The van der Waals surface area contributed by atoms with Crippen LogP contribution in [0.5, 0.6) is 0 Å². The Morgan fingerprint density at radius 1 is 1.37 bits per heavy atom. The minimum atomic E-state index is 0.129. The van der Waals surface area contributed by atoms with Crippen molar-refractivity contribution >= 4 is 5.91 Å². The minimum Gasteiger partial charge on any atom is -0.383 e. The Hall–Kier alpha value is -1.08. The number of hydrogen-bond acceptors (Lipinski definition) is 3. The molecule has 1 unspecified atom stereocenters. The molecule has 1 atom stereocenters. The number of nitriles is 1. The lowest BCUT2D eigenvalue weighted by Gasteiger charge is -2.26. The Morgan fingerprint density at radius 2 is 2.00 bits per heavy atom. The van der Waals surface area contributed by atoms with Gasteiger partial charge in [-0.3, -0.25) is 4.79 Å². The lowest BCUT2D eigenvalue weighted by molar-refractivity contribution is -0.132. The van der Waals surface area contributed by atoms with E-state index in [1.54, 1.807) is 12.0 Å². The van der Waals surface area contributed by atoms with E-state index in [-0.39, 0.29) is 11.3 Å². The molecule has 0 aliphatic heterocycles. The summed E-state index contributed by atoms with van der Waals surface area (Å²) < 4.78 is 5.01. The third-order valence-corrected chi connectivity index (χ3v) is 2.90. The van der Waals surface area contributed by atoms with Gasteiger partial charge in [-0.15, -0.1) is 0 Å². The standard InChI is InChI=1S/C15H28N2O2/c1-13(12-15(2,3)4)11-14(18)17(8-6-7-16)9-10-19-5/h13H,6,8-12H2,1-5H3. The van der Waals surface area contributed by atoms with Crippen molar-refractivity contribution < 1.29 is 9.53 Å². The van der Waals surface area contributed by atoms with Gasteiger partial charge in [-0.25, -0.2) is 0 Å². The summed E-state index contributed by atoms with van der Waals surface area (Å²) in [6.07, 6.45) is 1.95. The van der Waals surface area contributed by atoms with Crippen molar-refractivity contribution in [3.05, 3.63) is 0 Å². The van der Waals surface area contributed by atoms with Crippen molar-refractivity contribution in [1.82, 2.24) is 4.90 Å². The second kappa shape index (κ2) is 8.92. The van der Waals surface area contributed by atoms with Gasteiger partial charge in [0, 0.05) is 26.6 Å². The van der Waals surface area contributed by atoms with Crippen LogP contribution in [0.3, 0.4) is 0 Å². The lowest BCUT2D eigenvalue weighted by Crippen LogP contribution is -2.35. The third kappa shape index (κ3) is 9.49. The quantitative estimate of drug-likeness (QED) is 0.680. The maximum atomic E-state index is 12.2. The first-order chi connectivity index (χ1) is 8.80. The highest BCUT2D eigenvalue weighted by molar-refractivity contribution is 5.76. The highest BCUT2D eigenvalue weighted by Crippen LogP contribution is 2.26. The molecule has 0 radical (unpaired) electrons. The van der Waals surface area contributed by atoms with Crippen molar-refractivity contribution in [2.45, 2.75) is 47.0 Å². The van der Waals surface area contributed by atoms with Crippen LogP contribution < -0.4 is 0 Å². The average molecular weight is 268 g/mol. The number of carbonyl (C=O) groups is 1. The van der Waals surface area contributed by atoms with Gasteiger partial charge < -0.3 is 9.64 Å². The van der Waals surface area contributed by atoms with Crippen molar-refractivity contribution in [1.29, 1.82) is 5.26 Å². The molecule has 0 heterocycles. The fourth-order valence-corrected chi connectivity index (χ4v) is 2.29. The van der Waals surface area contributed by atoms with Gasteiger partial charge in [-0.05, 0) is 17.8 Å². The van der Waals surface area contributed by atoms with Gasteiger partial charge in [0.1, 0.15) is 0 Å². The zero-order valence-electron chi connectivity index (χ0n) is 13.0. The van der Waals surface area contributed by atoms with Crippen LogP contribution in [0.15, 0.2) is 0 Å². The molecule has 4 heteroatoms.